The summed E-state index contributed by atoms with van der Waals surface area (Å²) in [5, 5.41) is 3.34. The van der Waals surface area contributed by atoms with Gasteiger partial charge in [-0.15, -0.1) is 0 Å². The van der Waals surface area contributed by atoms with Crippen molar-refractivity contribution < 1.29 is 4.39 Å². The van der Waals surface area contributed by atoms with E-state index in [0.717, 1.165) is 5.56 Å². The van der Waals surface area contributed by atoms with Gasteiger partial charge in [-0.1, -0.05) is 17.7 Å². The van der Waals surface area contributed by atoms with E-state index in [1.165, 1.54) is 22.6 Å². The highest BCUT2D eigenvalue weighted by atomic mass is 35.5. The normalized spacial score (nSPS) is 10.9. The number of hydrogen-bond donors (Lipinski definition) is 1. The van der Waals surface area contributed by atoms with Crippen LogP contribution in [0.1, 0.15) is 11.3 Å². The van der Waals surface area contributed by atoms with Gasteiger partial charge in [0.2, 0.25) is 0 Å². The molecule has 0 saturated carbocycles. The van der Waals surface area contributed by atoms with Gasteiger partial charge in [0.15, 0.2) is 0 Å². The van der Waals surface area contributed by atoms with Crippen molar-refractivity contribution >= 4 is 22.9 Å². The fraction of sp³-hybridized carbons (Fsp3) is 0.125. The van der Waals surface area contributed by atoms with Crippen molar-refractivity contribution in [2.45, 2.75) is 13.5 Å². The van der Waals surface area contributed by atoms with Crippen LogP contribution >= 0.6 is 11.6 Å². The predicted octanol–water partition coefficient (Wildman–Crippen LogP) is 3.41. The molecule has 4 nitrogen and oxygen atoms in total. The molecule has 0 saturated heterocycles. The summed E-state index contributed by atoms with van der Waals surface area (Å²) in [6.45, 7) is 2.24. The number of benzene rings is 1. The number of aryl methyl sites for hydroxylation is 1. The fourth-order valence-corrected chi connectivity index (χ4v) is 2.40. The average Bonchev–Trinajstić information content (AvgIpc) is 2.47. The Hall–Kier alpha value is -2.40. The number of nitrogens with zero attached hydrogens (tertiary/aromatic N) is 2. The molecule has 3 rings (SSSR count). The number of nitrogens with one attached hydrogen (secondary N) is 1. The molecule has 0 atom stereocenters. The molecule has 0 bridgehead atoms. The third-order valence-electron chi connectivity index (χ3n) is 3.25. The zero-order valence-electron chi connectivity index (χ0n) is 11.8. The molecule has 2 aromatic heterocycles. The molecule has 22 heavy (non-hydrogen) atoms. The van der Waals surface area contributed by atoms with Crippen LogP contribution in [0.15, 0.2) is 47.4 Å². The summed E-state index contributed by atoms with van der Waals surface area (Å²) < 4.78 is 14.5. The Morgan fingerprint density at radius 3 is 2.86 bits per heavy atom. The Kier molecular flexibility index (Phi) is 3.81. The van der Waals surface area contributed by atoms with E-state index in [0.29, 0.717) is 23.6 Å². The van der Waals surface area contributed by atoms with Crippen molar-refractivity contribution in [3.05, 3.63) is 75.0 Å². The Morgan fingerprint density at radius 1 is 1.27 bits per heavy atom. The van der Waals surface area contributed by atoms with E-state index in [9.17, 15) is 9.18 Å². The first-order valence-electron chi connectivity index (χ1n) is 6.71. The zero-order chi connectivity index (χ0) is 15.7. The van der Waals surface area contributed by atoms with Gasteiger partial charge in [-0.25, -0.2) is 9.37 Å². The number of aromatic nitrogens is 2. The molecule has 0 aliphatic rings. The summed E-state index contributed by atoms with van der Waals surface area (Å²) in [5.41, 5.74) is 2.61. The maximum Gasteiger partial charge on any atom is 0.258 e. The molecule has 0 radical (unpaired) electrons. The van der Waals surface area contributed by atoms with E-state index in [4.69, 9.17) is 11.6 Å². The van der Waals surface area contributed by atoms with E-state index >= 15 is 0 Å². The molecule has 6 heteroatoms. The highest BCUT2D eigenvalue weighted by Gasteiger charge is 2.05. The van der Waals surface area contributed by atoms with Gasteiger partial charge >= 0.3 is 0 Å². The SMILES string of the molecule is Cc1ccc2nc(CNc3ccc(F)cc3Cl)cc(=O)n2c1. The Balaban J connectivity index is 1.88. The lowest BCUT2D eigenvalue weighted by molar-refractivity contribution is 0.628. The lowest BCUT2D eigenvalue weighted by Crippen LogP contribution is -2.17. The van der Waals surface area contributed by atoms with Crippen LogP contribution in [0.25, 0.3) is 5.65 Å². The van der Waals surface area contributed by atoms with Gasteiger partial charge in [-0.3, -0.25) is 9.20 Å². The van der Waals surface area contributed by atoms with Crippen LogP contribution < -0.4 is 10.9 Å². The molecular formula is C16H13ClFN3O. The average molecular weight is 318 g/mol. The first-order valence-corrected chi connectivity index (χ1v) is 7.08. The van der Waals surface area contributed by atoms with Crippen molar-refractivity contribution in [1.82, 2.24) is 9.38 Å². The molecule has 0 aliphatic carbocycles. The Bertz CT molecular complexity index is 908. The fourth-order valence-electron chi connectivity index (χ4n) is 2.17. The summed E-state index contributed by atoms with van der Waals surface area (Å²) in [6.07, 6.45) is 1.75. The van der Waals surface area contributed by atoms with Crippen molar-refractivity contribution in [2.75, 3.05) is 5.32 Å². The van der Waals surface area contributed by atoms with Gasteiger partial charge in [0.05, 0.1) is 22.9 Å². The Labute approximate surface area is 131 Å². The molecule has 2 heterocycles. The highest BCUT2D eigenvalue weighted by molar-refractivity contribution is 6.33. The van der Waals surface area contributed by atoms with Gasteiger partial charge < -0.3 is 5.32 Å². The molecule has 1 N–H and O–H groups in total. The maximum atomic E-state index is 13.0. The topological polar surface area (TPSA) is 46.4 Å². The second kappa shape index (κ2) is 5.77. The molecule has 0 aliphatic heterocycles. The van der Waals surface area contributed by atoms with Crippen LogP contribution in [-0.2, 0) is 6.54 Å². The minimum Gasteiger partial charge on any atom is -0.378 e. The first-order chi connectivity index (χ1) is 10.5. The predicted molar refractivity (Wildman–Crippen MR) is 84.9 cm³/mol. The van der Waals surface area contributed by atoms with E-state index in [1.807, 2.05) is 13.0 Å². The molecule has 112 valence electrons. The number of pyridine rings is 1. The van der Waals surface area contributed by atoms with Crippen molar-refractivity contribution in [2.24, 2.45) is 0 Å². The van der Waals surface area contributed by atoms with E-state index < -0.39 is 5.82 Å². The van der Waals surface area contributed by atoms with Gasteiger partial charge in [-0.05, 0) is 36.8 Å². The summed E-state index contributed by atoms with van der Waals surface area (Å²) >= 11 is 5.95. The summed E-state index contributed by atoms with van der Waals surface area (Å²) in [7, 11) is 0. The van der Waals surface area contributed by atoms with Crippen molar-refractivity contribution in [1.29, 1.82) is 0 Å². The Morgan fingerprint density at radius 2 is 2.09 bits per heavy atom. The van der Waals surface area contributed by atoms with Crippen molar-refractivity contribution in [3.8, 4) is 0 Å². The standard InChI is InChI=1S/C16H13ClFN3O/c1-10-2-5-15-20-12(7-16(22)21(15)9-10)8-19-14-4-3-11(18)6-13(14)17/h2-7,9,19H,8H2,1H3. The van der Waals surface area contributed by atoms with Gasteiger partial charge in [0.25, 0.3) is 5.56 Å². The molecule has 0 spiro atoms. The third-order valence-corrected chi connectivity index (χ3v) is 3.56. The molecule has 3 aromatic rings. The molecule has 1 aromatic carbocycles. The second-order valence-electron chi connectivity index (χ2n) is 5.00. The van der Waals surface area contributed by atoms with Crippen LogP contribution in [0.2, 0.25) is 5.02 Å². The number of fused-ring (bicyclic) bond motifs is 1. The lowest BCUT2D eigenvalue weighted by Gasteiger charge is -2.09. The van der Waals surface area contributed by atoms with Gasteiger partial charge in [0, 0.05) is 12.3 Å². The highest BCUT2D eigenvalue weighted by Crippen LogP contribution is 2.22. The maximum absolute atomic E-state index is 13.0. The lowest BCUT2D eigenvalue weighted by atomic mass is 10.3. The summed E-state index contributed by atoms with van der Waals surface area (Å²) in [4.78, 5) is 16.5. The molecule has 0 fully saturated rings. The van der Waals surface area contributed by atoms with Crippen LogP contribution in [0, 0.1) is 12.7 Å². The third kappa shape index (κ3) is 2.94. The van der Waals surface area contributed by atoms with E-state index in [1.54, 1.807) is 18.3 Å². The summed E-state index contributed by atoms with van der Waals surface area (Å²) in [5.74, 6) is -0.395. The quantitative estimate of drug-likeness (QED) is 0.805. The van der Waals surface area contributed by atoms with Crippen LogP contribution in [-0.4, -0.2) is 9.38 Å². The number of halogens is 2. The van der Waals surface area contributed by atoms with Gasteiger partial charge in [0.1, 0.15) is 11.5 Å². The molecular weight excluding hydrogens is 305 g/mol. The minimum atomic E-state index is -0.395. The summed E-state index contributed by atoms with van der Waals surface area (Å²) in [6, 6.07) is 9.27. The van der Waals surface area contributed by atoms with Crippen LogP contribution in [0.3, 0.4) is 0 Å². The molecule has 0 unspecified atom stereocenters. The zero-order valence-corrected chi connectivity index (χ0v) is 12.6. The largest absolute Gasteiger partial charge is 0.378 e. The van der Waals surface area contributed by atoms with Gasteiger partial charge in [-0.2, -0.15) is 0 Å². The van der Waals surface area contributed by atoms with Crippen molar-refractivity contribution in [3.63, 3.8) is 0 Å². The van der Waals surface area contributed by atoms with E-state index in [-0.39, 0.29) is 10.6 Å². The number of anilines is 1. The molecule has 0 amide bonds. The second-order valence-corrected chi connectivity index (χ2v) is 5.41. The number of hydrogen-bond acceptors (Lipinski definition) is 3. The van der Waals surface area contributed by atoms with Crippen LogP contribution in [0.5, 0.6) is 0 Å². The monoisotopic (exact) mass is 317 g/mol. The van der Waals surface area contributed by atoms with E-state index in [2.05, 4.69) is 10.3 Å². The minimum absolute atomic E-state index is 0.143. The van der Waals surface area contributed by atoms with Crippen LogP contribution in [0.4, 0.5) is 10.1 Å². The number of rotatable bonds is 3. The first kappa shape index (κ1) is 14.5. The smallest absolute Gasteiger partial charge is 0.258 e.